The van der Waals surface area contributed by atoms with Gasteiger partial charge in [-0.05, 0) is 30.9 Å². The molecule has 1 aromatic carbocycles. The van der Waals surface area contributed by atoms with Crippen molar-refractivity contribution in [1.82, 2.24) is 10.1 Å². The number of halogens is 1. The Bertz CT molecular complexity index is 536. The molecule has 5 heteroatoms. The molecule has 0 bridgehead atoms. The van der Waals surface area contributed by atoms with Crippen LogP contribution < -0.4 is 5.73 Å². The molecule has 3 rings (SSSR count). The van der Waals surface area contributed by atoms with E-state index in [1.165, 1.54) is 12.1 Å². The summed E-state index contributed by atoms with van der Waals surface area (Å²) in [5.74, 6) is 0.957. The van der Waals surface area contributed by atoms with Gasteiger partial charge in [0.2, 0.25) is 11.7 Å². The van der Waals surface area contributed by atoms with Crippen LogP contribution in [0.3, 0.4) is 0 Å². The van der Waals surface area contributed by atoms with E-state index in [-0.39, 0.29) is 11.9 Å². The summed E-state index contributed by atoms with van der Waals surface area (Å²) in [6.45, 7) is 0. The minimum Gasteiger partial charge on any atom is -0.337 e. The Morgan fingerprint density at radius 3 is 2.94 bits per heavy atom. The van der Waals surface area contributed by atoms with Gasteiger partial charge >= 0.3 is 0 Å². The molecule has 2 N–H and O–H groups in total. The maximum absolute atomic E-state index is 13.0. The minimum atomic E-state index is -0.319. The smallest absolute Gasteiger partial charge is 0.244 e. The van der Waals surface area contributed by atoms with E-state index in [4.69, 9.17) is 10.3 Å². The zero-order valence-corrected chi connectivity index (χ0v) is 9.14. The van der Waals surface area contributed by atoms with Crippen LogP contribution in [-0.2, 0) is 0 Å². The molecular weight excluding hydrogens is 221 g/mol. The molecule has 1 saturated carbocycles. The van der Waals surface area contributed by atoms with Crippen molar-refractivity contribution in [2.24, 2.45) is 11.7 Å². The zero-order valence-electron chi connectivity index (χ0n) is 9.14. The fourth-order valence-electron chi connectivity index (χ4n) is 1.77. The lowest BCUT2D eigenvalue weighted by atomic mass is 10.2. The first-order valence-corrected chi connectivity index (χ1v) is 5.59. The highest BCUT2D eigenvalue weighted by atomic mass is 19.1. The summed E-state index contributed by atoms with van der Waals surface area (Å²) in [4.78, 5) is 4.21. The highest BCUT2D eigenvalue weighted by Crippen LogP contribution is 2.39. The highest BCUT2D eigenvalue weighted by Gasteiger charge is 2.33. The third-order valence-corrected chi connectivity index (χ3v) is 2.94. The van der Waals surface area contributed by atoms with Gasteiger partial charge in [-0.2, -0.15) is 4.98 Å². The topological polar surface area (TPSA) is 64.9 Å². The van der Waals surface area contributed by atoms with Crippen molar-refractivity contribution in [3.05, 3.63) is 36.0 Å². The van der Waals surface area contributed by atoms with Gasteiger partial charge in [0.25, 0.3) is 0 Å². The Kier molecular flexibility index (Phi) is 2.40. The average Bonchev–Trinajstić information content (AvgIpc) is 3.05. The van der Waals surface area contributed by atoms with Crippen LogP contribution in [0, 0.1) is 11.7 Å². The molecule has 17 heavy (non-hydrogen) atoms. The number of hydrogen-bond donors (Lipinski definition) is 1. The average molecular weight is 233 g/mol. The third kappa shape index (κ3) is 2.06. The van der Waals surface area contributed by atoms with E-state index >= 15 is 0 Å². The molecule has 0 spiro atoms. The largest absolute Gasteiger partial charge is 0.337 e. The fraction of sp³-hybridized carbons (Fsp3) is 0.333. The van der Waals surface area contributed by atoms with Gasteiger partial charge in [0.05, 0.1) is 6.04 Å². The first kappa shape index (κ1) is 10.4. The molecule has 1 atom stereocenters. The van der Waals surface area contributed by atoms with Crippen LogP contribution in [-0.4, -0.2) is 10.1 Å². The molecule has 4 nitrogen and oxygen atoms in total. The van der Waals surface area contributed by atoms with Gasteiger partial charge < -0.3 is 10.3 Å². The third-order valence-electron chi connectivity index (χ3n) is 2.94. The van der Waals surface area contributed by atoms with E-state index in [1.807, 2.05) is 0 Å². The Morgan fingerprint density at radius 2 is 2.24 bits per heavy atom. The Hall–Kier alpha value is -1.75. The second-order valence-electron chi connectivity index (χ2n) is 4.33. The van der Waals surface area contributed by atoms with Crippen LogP contribution in [0.15, 0.2) is 28.8 Å². The highest BCUT2D eigenvalue weighted by molar-refractivity contribution is 5.53. The van der Waals surface area contributed by atoms with Crippen LogP contribution >= 0.6 is 0 Å². The molecule has 0 saturated heterocycles. The second-order valence-corrected chi connectivity index (χ2v) is 4.33. The van der Waals surface area contributed by atoms with E-state index in [1.54, 1.807) is 12.1 Å². The van der Waals surface area contributed by atoms with Crippen molar-refractivity contribution in [3.63, 3.8) is 0 Å². The molecule has 0 radical (unpaired) electrons. The zero-order chi connectivity index (χ0) is 11.8. The molecule has 0 amide bonds. The van der Waals surface area contributed by atoms with Crippen molar-refractivity contribution in [2.45, 2.75) is 18.9 Å². The van der Waals surface area contributed by atoms with Crippen molar-refractivity contribution in [3.8, 4) is 11.4 Å². The predicted octanol–water partition coefficient (Wildman–Crippen LogP) is 2.29. The van der Waals surface area contributed by atoms with Gasteiger partial charge in [0.1, 0.15) is 5.82 Å². The number of aromatic nitrogens is 2. The maximum Gasteiger partial charge on any atom is 0.244 e. The lowest BCUT2D eigenvalue weighted by Gasteiger charge is -2.01. The second kappa shape index (κ2) is 3.92. The molecule has 88 valence electrons. The SMILES string of the molecule is NC(c1nc(-c2cccc(F)c2)no1)C1CC1. The first-order valence-electron chi connectivity index (χ1n) is 5.59. The fourth-order valence-corrected chi connectivity index (χ4v) is 1.77. The number of rotatable bonds is 3. The molecule has 1 fully saturated rings. The van der Waals surface area contributed by atoms with Gasteiger partial charge in [-0.15, -0.1) is 0 Å². The molecule has 1 unspecified atom stereocenters. The van der Waals surface area contributed by atoms with E-state index in [2.05, 4.69) is 10.1 Å². The van der Waals surface area contributed by atoms with Crippen molar-refractivity contribution < 1.29 is 8.91 Å². The van der Waals surface area contributed by atoms with Crippen LogP contribution in [0.5, 0.6) is 0 Å². The molecule has 2 aromatic rings. The van der Waals surface area contributed by atoms with E-state index in [0.717, 1.165) is 12.8 Å². The van der Waals surface area contributed by atoms with Crippen molar-refractivity contribution >= 4 is 0 Å². The number of nitrogens with two attached hydrogens (primary N) is 1. The normalized spacial score (nSPS) is 17.1. The lowest BCUT2D eigenvalue weighted by Crippen LogP contribution is -2.12. The van der Waals surface area contributed by atoms with Crippen LogP contribution in [0.4, 0.5) is 4.39 Å². The summed E-state index contributed by atoms with van der Waals surface area (Å²) in [5.41, 5.74) is 6.55. The van der Waals surface area contributed by atoms with Crippen LogP contribution in [0.25, 0.3) is 11.4 Å². The summed E-state index contributed by atoms with van der Waals surface area (Å²) in [5, 5.41) is 3.83. The van der Waals surface area contributed by atoms with Gasteiger partial charge in [-0.25, -0.2) is 4.39 Å². The van der Waals surface area contributed by atoms with Gasteiger partial charge in [0, 0.05) is 5.56 Å². The van der Waals surface area contributed by atoms with Gasteiger partial charge in [-0.3, -0.25) is 0 Å². The Labute approximate surface area is 97.6 Å². The summed E-state index contributed by atoms with van der Waals surface area (Å²) in [6.07, 6.45) is 2.22. The van der Waals surface area contributed by atoms with Crippen molar-refractivity contribution in [2.75, 3.05) is 0 Å². The number of nitrogens with zero attached hydrogens (tertiary/aromatic N) is 2. The summed E-state index contributed by atoms with van der Waals surface area (Å²) < 4.78 is 18.2. The quantitative estimate of drug-likeness (QED) is 0.883. The van der Waals surface area contributed by atoms with E-state index in [9.17, 15) is 4.39 Å². The maximum atomic E-state index is 13.0. The molecule has 1 aliphatic carbocycles. The first-order chi connectivity index (χ1) is 8.24. The predicted molar refractivity (Wildman–Crippen MR) is 59.3 cm³/mol. The summed E-state index contributed by atoms with van der Waals surface area (Å²) in [6, 6.07) is 5.91. The summed E-state index contributed by atoms with van der Waals surface area (Å²) >= 11 is 0. The number of benzene rings is 1. The molecular formula is C12H12FN3O. The standard InChI is InChI=1S/C12H12FN3O/c13-9-3-1-2-8(6-9)11-15-12(17-16-11)10(14)7-4-5-7/h1-3,6-7,10H,4-5,14H2. The molecule has 1 heterocycles. The Balaban J connectivity index is 1.89. The van der Waals surface area contributed by atoms with Gasteiger partial charge in [0.15, 0.2) is 0 Å². The Morgan fingerprint density at radius 1 is 1.41 bits per heavy atom. The van der Waals surface area contributed by atoms with Crippen LogP contribution in [0.1, 0.15) is 24.8 Å². The van der Waals surface area contributed by atoms with E-state index < -0.39 is 0 Å². The monoisotopic (exact) mass is 233 g/mol. The van der Waals surface area contributed by atoms with E-state index in [0.29, 0.717) is 23.2 Å². The van der Waals surface area contributed by atoms with Gasteiger partial charge in [-0.1, -0.05) is 17.3 Å². The molecule has 1 aliphatic rings. The minimum absolute atomic E-state index is 0.190. The number of hydrogen-bond acceptors (Lipinski definition) is 4. The van der Waals surface area contributed by atoms with Crippen LogP contribution in [0.2, 0.25) is 0 Å². The molecule has 0 aliphatic heterocycles. The van der Waals surface area contributed by atoms with Crippen molar-refractivity contribution in [1.29, 1.82) is 0 Å². The summed E-state index contributed by atoms with van der Waals surface area (Å²) in [7, 11) is 0. The molecule has 1 aromatic heterocycles. The lowest BCUT2D eigenvalue weighted by molar-refractivity contribution is 0.343.